The molecule has 2 N–H and O–H groups in total. The molecule has 0 bridgehead atoms. The third-order valence-electron chi connectivity index (χ3n) is 2.93. The van der Waals surface area contributed by atoms with Gasteiger partial charge in [0.2, 0.25) is 0 Å². The fraction of sp³-hybridized carbons (Fsp3) is 0.333. The van der Waals surface area contributed by atoms with Gasteiger partial charge in [-0.15, -0.1) is 0 Å². The fourth-order valence-corrected chi connectivity index (χ4v) is 2.10. The Morgan fingerprint density at radius 3 is 2.50 bits per heavy atom. The molecule has 0 saturated carbocycles. The van der Waals surface area contributed by atoms with Crippen LogP contribution in [0, 0.1) is 0 Å². The largest absolute Gasteiger partial charge is 0.496 e. The van der Waals surface area contributed by atoms with E-state index in [1.165, 1.54) is 0 Å². The number of ether oxygens (including phenoxy) is 1. The van der Waals surface area contributed by atoms with Crippen molar-refractivity contribution in [1.82, 2.24) is 9.97 Å². The topological polar surface area (TPSA) is 61.0 Å². The van der Waals surface area contributed by atoms with Gasteiger partial charge in [-0.3, -0.25) is 0 Å². The molecule has 0 unspecified atom stereocenters. The van der Waals surface area contributed by atoms with Gasteiger partial charge in [-0.1, -0.05) is 38.4 Å². The van der Waals surface area contributed by atoms with Crippen molar-refractivity contribution < 1.29 is 4.74 Å². The molecule has 2 aromatic rings. The quantitative estimate of drug-likeness (QED) is 0.917. The Bertz CT molecular complexity index is 636. The van der Waals surface area contributed by atoms with Gasteiger partial charge in [0.1, 0.15) is 11.6 Å². The van der Waals surface area contributed by atoms with Crippen molar-refractivity contribution in [3.63, 3.8) is 0 Å². The zero-order valence-corrected chi connectivity index (χ0v) is 12.8. The Balaban J connectivity index is 2.68. The predicted octanol–water partition coefficient (Wildman–Crippen LogP) is 3.69. The molecule has 0 fully saturated rings. The second kappa shape index (κ2) is 5.29. The summed E-state index contributed by atoms with van der Waals surface area (Å²) in [5.41, 5.74) is 7.30. The van der Waals surface area contributed by atoms with Crippen LogP contribution in [-0.2, 0) is 5.41 Å². The zero-order valence-electron chi connectivity index (χ0n) is 12.1. The molecule has 1 aromatic heterocycles. The summed E-state index contributed by atoms with van der Waals surface area (Å²) in [7, 11) is 1.59. The minimum atomic E-state index is -0.125. The molecule has 4 nitrogen and oxygen atoms in total. The van der Waals surface area contributed by atoms with E-state index in [0.29, 0.717) is 28.0 Å². The minimum absolute atomic E-state index is 0.125. The van der Waals surface area contributed by atoms with Crippen LogP contribution in [0.2, 0.25) is 5.02 Å². The molecule has 106 valence electrons. The Labute approximate surface area is 124 Å². The first-order valence-electron chi connectivity index (χ1n) is 6.31. The average molecular weight is 292 g/mol. The molecule has 0 spiro atoms. The van der Waals surface area contributed by atoms with Crippen LogP contribution in [0.25, 0.3) is 11.4 Å². The third-order valence-corrected chi connectivity index (χ3v) is 3.25. The van der Waals surface area contributed by atoms with Crippen LogP contribution in [0.15, 0.2) is 24.3 Å². The molecule has 20 heavy (non-hydrogen) atoms. The summed E-state index contributed by atoms with van der Waals surface area (Å²) >= 11 is 6.26. The van der Waals surface area contributed by atoms with E-state index in [-0.39, 0.29) is 5.41 Å². The van der Waals surface area contributed by atoms with Gasteiger partial charge in [-0.05, 0) is 12.1 Å². The number of anilines is 1. The number of aromatic nitrogens is 2. The zero-order chi connectivity index (χ0) is 14.9. The smallest absolute Gasteiger partial charge is 0.167 e. The second-order valence-electron chi connectivity index (χ2n) is 5.57. The van der Waals surface area contributed by atoms with Crippen molar-refractivity contribution in [2.75, 3.05) is 12.8 Å². The molecule has 0 aliphatic rings. The standard InChI is InChI=1S/C15H18ClN3O/c1-15(2,3)11-8-12(17)19-14(18-11)13-9(16)6-5-7-10(13)20-4/h5-8H,1-4H3,(H2,17,18,19). The SMILES string of the molecule is COc1cccc(Cl)c1-c1nc(N)cc(C(C)(C)C)n1. The molecule has 0 amide bonds. The maximum atomic E-state index is 6.26. The number of methoxy groups -OCH3 is 1. The van der Waals surface area contributed by atoms with Crippen molar-refractivity contribution in [3.05, 3.63) is 35.0 Å². The maximum absolute atomic E-state index is 6.26. The van der Waals surface area contributed by atoms with Crippen LogP contribution in [0.5, 0.6) is 5.75 Å². The molecule has 2 rings (SSSR count). The van der Waals surface area contributed by atoms with Gasteiger partial charge in [0, 0.05) is 11.5 Å². The Hall–Kier alpha value is -1.81. The molecule has 1 heterocycles. The summed E-state index contributed by atoms with van der Waals surface area (Å²) in [6.07, 6.45) is 0. The first kappa shape index (κ1) is 14.6. The van der Waals surface area contributed by atoms with Crippen molar-refractivity contribution >= 4 is 17.4 Å². The van der Waals surface area contributed by atoms with Gasteiger partial charge in [0.25, 0.3) is 0 Å². The van der Waals surface area contributed by atoms with Gasteiger partial charge >= 0.3 is 0 Å². The van der Waals surface area contributed by atoms with Gasteiger partial charge in [-0.2, -0.15) is 0 Å². The number of benzene rings is 1. The first-order valence-corrected chi connectivity index (χ1v) is 6.68. The normalized spacial score (nSPS) is 11.4. The van der Waals surface area contributed by atoms with Crippen LogP contribution >= 0.6 is 11.6 Å². The summed E-state index contributed by atoms with van der Waals surface area (Å²) in [5.74, 6) is 1.53. The number of nitrogens with two attached hydrogens (primary N) is 1. The van der Waals surface area contributed by atoms with E-state index in [9.17, 15) is 0 Å². The number of hydrogen-bond acceptors (Lipinski definition) is 4. The van der Waals surface area contributed by atoms with Crippen LogP contribution in [0.3, 0.4) is 0 Å². The van der Waals surface area contributed by atoms with Crippen LogP contribution in [0.4, 0.5) is 5.82 Å². The van der Waals surface area contributed by atoms with Crippen LogP contribution in [0.1, 0.15) is 26.5 Å². The third kappa shape index (κ3) is 2.85. The molecule has 1 aromatic carbocycles. The van der Waals surface area contributed by atoms with Crippen molar-refractivity contribution in [3.8, 4) is 17.1 Å². The maximum Gasteiger partial charge on any atom is 0.167 e. The van der Waals surface area contributed by atoms with Crippen LogP contribution in [-0.4, -0.2) is 17.1 Å². The Morgan fingerprint density at radius 1 is 1.20 bits per heavy atom. The van der Waals surface area contributed by atoms with Crippen molar-refractivity contribution in [2.45, 2.75) is 26.2 Å². The molecule has 0 radical (unpaired) electrons. The molecular formula is C15H18ClN3O. The Morgan fingerprint density at radius 2 is 1.90 bits per heavy atom. The lowest BCUT2D eigenvalue weighted by Gasteiger charge is -2.19. The first-order chi connectivity index (χ1) is 9.32. The molecular weight excluding hydrogens is 274 g/mol. The van der Waals surface area contributed by atoms with E-state index in [0.717, 1.165) is 5.69 Å². The number of nitrogens with zero attached hydrogens (tertiary/aromatic N) is 2. The summed E-state index contributed by atoms with van der Waals surface area (Å²) in [4.78, 5) is 8.88. The van der Waals surface area contributed by atoms with E-state index >= 15 is 0 Å². The lowest BCUT2D eigenvalue weighted by atomic mass is 9.92. The van der Waals surface area contributed by atoms with E-state index in [1.54, 1.807) is 19.2 Å². The molecule has 0 atom stereocenters. The van der Waals surface area contributed by atoms with Crippen molar-refractivity contribution in [1.29, 1.82) is 0 Å². The van der Waals surface area contributed by atoms with E-state index in [2.05, 4.69) is 30.7 Å². The van der Waals surface area contributed by atoms with Gasteiger partial charge in [-0.25, -0.2) is 9.97 Å². The monoisotopic (exact) mass is 291 g/mol. The average Bonchev–Trinajstić information content (AvgIpc) is 2.36. The second-order valence-corrected chi connectivity index (χ2v) is 5.98. The van der Waals surface area contributed by atoms with E-state index in [4.69, 9.17) is 22.1 Å². The minimum Gasteiger partial charge on any atom is -0.496 e. The van der Waals surface area contributed by atoms with Crippen LogP contribution < -0.4 is 10.5 Å². The number of rotatable bonds is 2. The molecule has 0 saturated heterocycles. The molecule has 5 heteroatoms. The van der Waals surface area contributed by atoms with Gasteiger partial charge in [0.15, 0.2) is 5.82 Å². The van der Waals surface area contributed by atoms with Gasteiger partial charge < -0.3 is 10.5 Å². The predicted molar refractivity (Wildman–Crippen MR) is 82.1 cm³/mol. The summed E-state index contributed by atoms with van der Waals surface area (Å²) in [6, 6.07) is 7.21. The number of halogens is 1. The lowest BCUT2D eigenvalue weighted by molar-refractivity contribution is 0.416. The van der Waals surface area contributed by atoms with Gasteiger partial charge in [0.05, 0.1) is 23.4 Å². The van der Waals surface area contributed by atoms with E-state index in [1.807, 2.05) is 12.1 Å². The highest BCUT2D eigenvalue weighted by Crippen LogP contribution is 2.35. The Kier molecular flexibility index (Phi) is 3.86. The highest BCUT2D eigenvalue weighted by atomic mass is 35.5. The summed E-state index contributed by atoms with van der Waals surface area (Å²) in [5, 5.41) is 0.537. The number of nitrogen functional groups attached to an aromatic ring is 1. The lowest BCUT2D eigenvalue weighted by Crippen LogP contribution is -2.15. The molecule has 0 aliphatic heterocycles. The number of hydrogen-bond donors (Lipinski definition) is 1. The highest BCUT2D eigenvalue weighted by Gasteiger charge is 2.20. The fourth-order valence-electron chi connectivity index (χ4n) is 1.85. The molecule has 0 aliphatic carbocycles. The summed E-state index contributed by atoms with van der Waals surface area (Å²) in [6.45, 7) is 6.22. The van der Waals surface area contributed by atoms with Crippen molar-refractivity contribution in [2.24, 2.45) is 0 Å². The van der Waals surface area contributed by atoms with E-state index < -0.39 is 0 Å². The summed E-state index contributed by atoms with van der Waals surface area (Å²) < 4.78 is 5.34. The highest BCUT2D eigenvalue weighted by molar-refractivity contribution is 6.33.